The number of hydrogen-bond acceptors (Lipinski definition) is 5. The van der Waals surface area contributed by atoms with Crippen LogP contribution in [0, 0.1) is 0 Å². The summed E-state index contributed by atoms with van der Waals surface area (Å²) in [5, 5.41) is 0.768. The fourth-order valence-corrected chi connectivity index (χ4v) is 4.36. The van der Waals surface area contributed by atoms with Crippen LogP contribution in [0.15, 0.2) is 18.2 Å². The number of piperazine rings is 1. The Balaban J connectivity index is 1.70. The van der Waals surface area contributed by atoms with Crippen molar-refractivity contribution in [2.75, 3.05) is 13.1 Å². The Morgan fingerprint density at radius 1 is 1.21 bits per heavy atom. The van der Waals surface area contributed by atoms with E-state index in [0.29, 0.717) is 25.2 Å². The number of nitrogens with zero attached hydrogens (tertiary/aromatic N) is 3. The van der Waals surface area contributed by atoms with Crippen LogP contribution in [0.3, 0.4) is 0 Å². The van der Waals surface area contributed by atoms with E-state index in [1.54, 1.807) is 4.90 Å². The molecule has 1 amide bonds. The highest BCUT2D eigenvalue weighted by Crippen LogP contribution is 2.33. The van der Waals surface area contributed by atoms with Gasteiger partial charge >= 0.3 is 12.3 Å². The molecule has 0 bridgehead atoms. The lowest BCUT2D eigenvalue weighted by molar-refractivity contribution is -0.137. The van der Waals surface area contributed by atoms with Crippen LogP contribution in [0.4, 0.5) is 18.0 Å². The maximum absolute atomic E-state index is 12.9. The third kappa shape index (κ3) is 5.19. The van der Waals surface area contributed by atoms with Gasteiger partial charge in [0.2, 0.25) is 0 Å². The normalized spacial score (nSPS) is 21.6. The Labute approximate surface area is 172 Å². The Bertz CT molecular complexity index is 891. The average Bonchev–Trinajstić information content (AvgIpc) is 2.96. The number of fused-ring (bicyclic) bond motifs is 1. The van der Waals surface area contributed by atoms with Gasteiger partial charge in [0, 0.05) is 25.2 Å². The topological polar surface area (TPSA) is 45.7 Å². The first-order valence-corrected chi connectivity index (χ1v) is 10.4. The molecule has 9 heteroatoms. The van der Waals surface area contributed by atoms with Crippen molar-refractivity contribution >= 4 is 27.6 Å². The molecule has 0 aliphatic carbocycles. The predicted octanol–water partition coefficient (Wildman–Crippen LogP) is 5.14. The summed E-state index contributed by atoms with van der Waals surface area (Å²) in [4.78, 5) is 20.8. The second-order valence-electron chi connectivity index (χ2n) is 8.55. The van der Waals surface area contributed by atoms with Gasteiger partial charge in [-0.05, 0) is 52.8 Å². The summed E-state index contributed by atoms with van der Waals surface area (Å²) in [5.74, 6) is 0. The van der Waals surface area contributed by atoms with E-state index >= 15 is 0 Å². The van der Waals surface area contributed by atoms with Gasteiger partial charge in [-0.1, -0.05) is 0 Å². The van der Waals surface area contributed by atoms with Crippen molar-refractivity contribution < 1.29 is 22.7 Å². The van der Waals surface area contributed by atoms with Crippen molar-refractivity contribution in [2.45, 2.75) is 65.0 Å². The molecule has 29 heavy (non-hydrogen) atoms. The first-order valence-electron chi connectivity index (χ1n) is 9.54. The maximum Gasteiger partial charge on any atom is 0.416 e. The lowest BCUT2D eigenvalue weighted by Crippen LogP contribution is -2.58. The summed E-state index contributed by atoms with van der Waals surface area (Å²) in [7, 11) is 0. The smallest absolute Gasteiger partial charge is 0.416 e. The average molecular weight is 430 g/mol. The number of thiazole rings is 1. The summed E-state index contributed by atoms with van der Waals surface area (Å²) in [6, 6.07) is 3.71. The van der Waals surface area contributed by atoms with E-state index in [2.05, 4.69) is 9.88 Å². The van der Waals surface area contributed by atoms with E-state index in [1.807, 2.05) is 34.6 Å². The molecule has 1 aromatic carbocycles. The fraction of sp³-hybridized carbons (Fsp3) is 0.600. The molecule has 0 saturated carbocycles. The number of amides is 1. The summed E-state index contributed by atoms with van der Waals surface area (Å²) in [6.07, 6.45) is -4.70. The minimum atomic E-state index is -4.38. The summed E-state index contributed by atoms with van der Waals surface area (Å²) in [5.41, 5.74) is -0.865. The molecule has 3 rings (SSSR count). The molecule has 1 aliphatic rings. The van der Waals surface area contributed by atoms with E-state index in [4.69, 9.17) is 4.74 Å². The van der Waals surface area contributed by atoms with Crippen LogP contribution in [-0.4, -0.2) is 51.7 Å². The number of alkyl halides is 3. The summed E-state index contributed by atoms with van der Waals surface area (Å²) >= 11 is 1.40. The number of ether oxygens (including phenoxy) is 1. The lowest BCUT2D eigenvalue weighted by atomic mass is 10.1. The zero-order chi connectivity index (χ0) is 21.6. The molecule has 5 nitrogen and oxygen atoms in total. The SMILES string of the molecule is CC1CN(C(=O)OC(C)(C)C)C(C)CN1Cc1nc2cc(C(F)(F)F)ccc2s1. The van der Waals surface area contributed by atoms with Gasteiger partial charge in [-0.15, -0.1) is 11.3 Å². The monoisotopic (exact) mass is 429 g/mol. The van der Waals surface area contributed by atoms with Crippen LogP contribution >= 0.6 is 11.3 Å². The standard InChI is InChI=1S/C20H26F3N3O2S/c1-12-10-26(18(27)28-19(3,4)5)13(2)9-25(12)11-17-24-15-8-14(20(21,22)23)6-7-16(15)29-17/h6-8,12-13H,9-11H2,1-5H3. The number of aromatic nitrogens is 1. The number of rotatable bonds is 2. The Hall–Kier alpha value is -1.87. The molecule has 1 aliphatic heterocycles. The van der Waals surface area contributed by atoms with Crippen LogP contribution in [0.25, 0.3) is 10.2 Å². The van der Waals surface area contributed by atoms with Crippen LogP contribution in [-0.2, 0) is 17.5 Å². The quantitative estimate of drug-likeness (QED) is 0.663. The number of benzene rings is 1. The molecule has 2 unspecified atom stereocenters. The van der Waals surface area contributed by atoms with E-state index in [-0.39, 0.29) is 18.2 Å². The van der Waals surface area contributed by atoms with Gasteiger partial charge in [0.25, 0.3) is 0 Å². The fourth-order valence-electron chi connectivity index (χ4n) is 3.39. The molecule has 2 aromatic rings. The van der Waals surface area contributed by atoms with Crippen LogP contribution in [0.5, 0.6) is 0 Å². The molecular weight excluding hydrogens is 403 g/mol. The summed E-state index contributed by atoms with van der Waals surface area (Å²) in [6.45, 7) is 11.2. The molecule has 1 fully saturated rings. The molecule has 160 valence electrons. The van der Waals surface area contributed by atoms with Crippen molar-refractivity contribution in [3.8, 4) is 0 Å². The van der Waals surface area contributed by atoms with Gasteiger partial charge < -0.3 is 9.64 Å². The number of carbonyl (C=O) groups excluding carboxylic acids is 1. The lowest BCUT2D eigenvalue weighted by Gasteiger charge is -2.43. The first-order chi connectivity index (χ1) is 13.3. The van der Waals surface area contributed by atoms with Crippen LogP contribution in [0.2, 0.25) is 0 Å². The summed E-state index contributed by atoms with van der Waals surface area (Å²) < 4.78 is 45.0. The van der Waals surface area contributed by atoms with Gasteiger partial charge in [-0.2, -0.15) is 13.2 Å². The maximum atomic E-state index is 12.9. The predicted molar refractivity (Wildman–Crippen MR) is 107 cm³/mol. The molecule has 1 aromatic heterocycles. The van der Waals surface area contributed by atoms with E-state index in [0.717, 1.165) is 21.8 Å². The minimum absolute atomic E-state index is 0.0349. The highest BCUT2D eigenvalue weighted by molar-refractivity contribution is 7.18. The zero-order valence-electron chi connectivity index (χ0n) is 17.2. The van der Waals surface area contributed by atoms with Crippen LogP contribution < -0.4 is 0 Å². The molecule has 0 N–H and O–H groups in total. The van der Waals surface area contributed by atoms with Crippen molar-refractivity contribution in [1.29, 1.82) is 0 Å². The minimum Gasteiger partial charge on any atom is -0.444 e. The van der Waals surface area contributed by atoms with Gasteiger partial charge in [0.1, 0.15) is 10.6 Å². The second kappa shape index (κ2) is 7.75. The van der Waals surface area contributed by atoms with Crippen LogP contribution in [0.1, 0.15) is 45.2 Å². The molecule has 1 saturated heterocycles. The largest absolute Gasteiger partial charge is 0.444 e. The van der Waals surface area contributed by atoms with Crippen molar-refractivity contribution in [1.82, 2.24) is 14.8 Å². The van der Waals surface area contributed by atoms with E-state index in [1.165, 1.54) is 17.4 Å². The van der Waals surface area contributed by atoms with Gasteiger partial charge in [0.15, 0.2) is 0 Å². The molecule has 0 radical (unpaired) electrons. The Morgan fingerprint density at radius 3 is 2.52 bits per heavy atom. The van der Waals surface area contributed by atoms with E-state index in [9.17, 15) is 18.0 Å². The molecule has 2 atom stereocenters. The third-order valence-electron chi connectivity index (χ3n) is 4.84. The number of hydrogen-bond donors (Lipinski definition) is 0. The van der Waals surface area contributed by atoms with Crippen molar-refractivity contribution in [2.24, 2.45) is 0 Å². The number of carbonyl (C=O) groups is 1. The highest BCUT2D eigenvalue weighted by Gasteiger charge is 2.35. The number of halogens is 3. The van der Waals surface area contributed by atoms with Gasteiger partial charge in [-0.3, -0.25) is 4.90 Å². The molecular formula is C20H26F3N3O2S. The third-order valence-corrected chi connectivity index (χ3v) is 5.86. The van der Waals surface area contributed by atoms with E-state index < -0.39 is 17.3 Å². The van der Waals surface area contributed by atoms with Crippen molar-refractivity contribution in [3.05, 3.63) is 28.8 Å². The first kappa shape index (κ1) is 21.8. The highest BCUT2D eigenvalue weighted by atomic mass is 32.1. The molecule has 0 spiro atoms. The molecule has 2 heterocycles. The zero-order valence-corrected chi connectivity index (χ0v) is 18.0. The Kier molecular flexibility index (Phi) is 5.84. The second-order valence-corrected chi connectivity index (χ2v) is 9.66. The Morgan fingerprint density at radius 2 is 1.90 bits per heavy atom. The van der Waals surface area contributed by atoms with Gasteiger partial charge in [0.05, 0.1) is 22.3 Å². The van der Waals surface area contributed by atoms with Gasteiger partial charge in [-0.25, -0.2) is 9.78 Å². The van der Waals surface area contributed by atoms with Crippen molar-refractivity contribution in [3.63, 3.8) is 0 Å².